The first-order valence-corrected chi connectivity index (χ1v) is 7.74. The molecule has 0 radical (unpaired) electrons. The third-order valence-electron chi connectivity index (χ3n) is 3.56. The number of halogens is 1. The first-order valence-electron chi connectivity index (χ1n) is 6.48. The van der Waals surface area contributed by atoms with E-state index in [1.54, 1.807) is 0 Å². The van der Waals surface area contributed by atoms with Crippen molar-refractivity contribution in [2.75, 3.05) is 5.32 Å². The van der Waals surface area contributed by atoms with Crippen LogP contribution in [0.15, 0.2) is 11.4 Å². The van der Waals surface area contributed by atoms with Crippen molar-refractivity contribution in [2.45, 2.75) is 39.2 Å². The molecule has 1 N–H and O–H groups in total. The van der Waals surface area contributed by atoms with Gasteiger partial charge in [-0.25, -0.2) is 9.97 Å². The van der Waals surface area contributed by atoms with Crippen LogP contribution in [0, 0.1) is 13.8 Å². The molecular weight excluding hydrogens is 278 g/mol. The van der Waals surface area contributed by atoms with Crippen LogP contribution in [0.1, 0.15) is 40.7 Å². The van der Waals surface area contributed by atoms with Gasteiger partial charge in [-0.2, -0.15) is 0 Å². The zero-order valence-electron chi connectivity index (χ0n) is 11.0. The highest BCUT2D eigenvalue weighted by Gasteiger charge is 2.22. The average molecular weight is 294 g/mol. The van der Waals surface area contributed by atoms with E-state index in [-0.39, 0.29) is 0 Å². The highest BCUT2D eigenvalue weighted by molar-refractivity contribution is 7.10. The van der Waals surface area contributed by atoms with Gasteiger partial charge in [0.2, 0.25) is 0 Å². The van der Waals surface area contributed by atoms with E-state index in [0.717, 1.165) is 17.8 Å². The van der Waals surface area contributed by atoms with Crippen molar-refractivity contribution < 1.29 is 0 Å². The molecule has 0 aromatic carbocycles. The Morgan fingerprint density at radius 2 is 2.21 bits per heavy atom. The van der Waals surface area contributed by atoms with Crippen LogP contribution < -0.4 is 5.32 Å². The van der Waals surface area contributed by atoms with Gasteiger partial charge in [-0.15, -0.1) is 11.3 Å². The SMILES string of the molecule is Cc1nc(Cl)c(C)c(NC2CCCc3sccc32)n1. The Morgan fingerprint density at radius 1 is 1.37 bits per heavy atom. The minimum Gasteiger partial charge on any atom is -0.363 e. The lowest BCUT2D eigenvalue weighted by molar-refractivity contribution is 0.606. The fourth-order valence-electron chi connectivity index (χ4n) is 2.54. The van der Waals surface area contributed by atoms with Gasteiger partial charge in [-0.3, -0.25) is 0 Å². The van der Waals surface area contributed by atoms with Crippen molar-refractivity contribution in [3.05, 3.63) is 38.4 Å². The Labute approximate surface area is 122 Å². The largest absolute Gasteiger partial charge is 0.363 e. The third-order valence-corrected chi connectivity index (χ3v) is 4.93. The lowest BCUT2D eigenvalue weighted by Gasteiger charge is -2.25. The quantitative estimate of drug-likeness (QED) is 0.839. The van der Waals surface area contributed by atoms with Gasteiger partial charge in [0.05, 0.1) is 6.04 Å². The fraction of sp³-hybridized carbons (Fsp3) is 0.429. The topological polar surface area (TPSA) is 37.8 Å². The van der Waals surface area contributed by atoms with Crippen LogP contribution in [-0.4, -0.2) is 9.97 Å². The minimum absolute atomic E-state index is 0.346. The molecule has 2 heterocycles. The number of anilines is 1. The summed E-state index contributed by atoms with van der Waals surface area (Å²) in [6, 6.07) is 2.57. The van der Waals surface area contributed by atoms with Crippen LogP contribution in [0.2, 0.25) is 5.15 Å². The maximum absolute atomic E-state index is 6.13. The molecule has 0 bridgehead atoms. The standard InChI is InChI=1S/C14H16ClN3S/c1-8-13(15)16-9(2)17-14(8)18-11-4-3-5-12-10(11)6-7-19-12/h6-7,11H,3-5H2,1-2H3,(H,16,17,18). The van der Waals surface area contributed by atoms with Gasteiger partial charge < -0.3 is 5.32 Å². The lowest BCUT2D eigenvalue weighted by atomic mass is 9.94. The second-order valence-electron chi connectivity index (χ2n) is 4.92. The lowest BCUT2D eigenvalue weighted by Crippen LogP contribution is -2.17. The van der Waals surface area contributed by atoms with Gasteiger partial charge in [0.15, 0.2) is 0 Å². The number of hydrogen-bond donors (Lipinski definition) is 1. The van der Waals surface area contributed by atoms with Crippen molar-refractivity contribution in [2.24, 2.45) is 0 Å². The molecule has 0 saturated heterocycles. The molecule has 0 spiro atoms. The van der Waals surface area contributed by atoms with E-state index in [2.05, 4.69) is 26.7 Å². The molecule has 100 valence electrons. The predicted octanol–water partition coefficient (Wildman–Crippen LogP) is 4.30. The van der Waals surface area contributed by atoms with Gasteiger partial charge in [-0.1, -0.05) is 11.6 Å². The van der Waals surface area contributed by atoms with E-state index < -0.39 is 0 Å². The van der Waals surface area contributed by atoms with Crippen LogP contribution in [0.3, 0.4) is 0 Å². The molecule has 3 rings (SSSR count). The smallest absolute Gasteiger partial charge is 0.137 e. The normalized spacial score (nSPS) is 18.2. The molecule has 5 heteroatoms. The molecule has 1 unspecified atom stereocenters. The molecule has 3 nitrogen and oxygen atoms in total. The second-order valence-corrected chi connectivity index (χ2v) is 6.28. The first-order chi connectivity index (χ1) is 9.15. The molecule has 0 saturated carbocycles. The van der Waals surface area contributed by atoms with E-state index in [0.29, 0.717) is 17.0 Å². The van der Waals surface area contributed by atoms with E-state index in [9.17, 15) is 0 Å². The number of hydrogen-bond acceptors (Lipinski definition) is 4. The van der Waals surface area contributed by atoms with Gasteiger partial charge >= 0.3 is 0 Å². The number of aryl methyl sites for hydroxylation is 2. The van der Waals surface area contributed by atoms with Crippen LogP contribution >= 0.6 is 22.9 Å². The molecule has 0 amide bonds. The first kappa shape index (κ1) is 12.9. The number of thiophene rings is 1. The van der Waals surface area contributed by atoms with Crippen LogP contribution in [-0.2, 0) is 6.42 Å². The Hall–Kier alpha value is -1.13. The molecule has 1 aliphatic carbocycles. The number of fused-ring (bicyclic) bond motifs is 1. The zero-order valence-corrected chi connectivity index (χ0v) is 12.6. The summed E-state index contributed by atoms with van der Waals surface area (Å²) < 4.78 is 0. The maximum atomic E-state index is 6.13. The van der Waals surface area contributed by atoms with Gasteiger partial charge in [0.25, 0.3) is 0 Å². The summed E-state index contributed by atoms with van der Waals surface area (Å²) in [4.78, 5) is 10.2. The van der Waals surface area contributed by atoms with Gasteiger partial charge in [0.1, 0.15) is 16.8 Å². The van der Waals surface area contributed by atoms with Crippen molar-refractivity contribution in [1.29, 1.82) is 0 Å². The number of nitrogens with zero attached hydrogens (tertiary/aromatic N) is 2. The summed E-state index contributed by atoms with van der Waals surface area (Å²) in [7, 11) is 0. The summed E-state index contributed by atoms with van der Waals surface area (Å²) in [6.07, 6.45) is 3.57. The highest BCUT2D eigenvalue weighted by atomic mass is 35.5. The number of nitrogens with one attached hydrogen (secondary N) is 1. The van der Waals surface area contributed by atoms with E-state index in [4.69, 9.17) is 11.6 Å². The number of aromatic nitrogens is 2. The Morgan fingerprint density at radius 3 is 3.05 bits per heavy atom. The van der Waals surface area contributed by atoms with Crippen LogP contribution in [0.25, 0.3) is 0 Å². The second kappa shape index (κ2) is 5.10. The summed E-state index contributed by atoms with van der Waals surface area (Å²) in [5.74, 6) is 1.57. The fourth-order valence-corrected chi connectivity index (χ4v) is 3.74. The monoisotopic (exact) mass is 293 g/mol. The molecule has 0 aliphatic heterocycles. The van der Waals surface area contributed by atoms with Crippen LogP contribution in [0.5, 0.6) is 0 Å². The van der Waals surface area contributed by atoms with Crippen molar-refractivity contribution in [3.63, 3.8) is 0 Å². The molecule has 2 aromatic heterocycles. The number of rotatable bonds is 2. The van der Waals surface area contributed by atoms with Crippen molar-refractivity contribution >= 4 is 28.8 Å². The summed E-state index contributed by atoms with van der Waals surface area (Å²) in [5, 5.41) is 6.26. The summed E-state index contributed by atoms with van der Waals surface area (Å²) >= 11 is 7.98. The summed E-state index contributed by atoms with van der Waals surface area (Å²) in [6.45, 7) is 3.83. The molecule has 2 aromatic rings. The summed E-state index contributed by atoms with van der Waals surface area (Å²) in [5.41, 5.74) is 2.35. The van der Waals surface area contributed by atoms with Crippen LogP contribution in [0.4, 0.5) is 5.82 Å². The van der Waals surface area contributed by atoms with Gasteiger partial charge in [0, 0.05) is 10.4 Å². The Kier molecular flexibility index (Phi) is 3.46. The maximum Gasteiger partial charge on any atom is 0.137 e. The van der Waals surface area contributed by atoms with E-state index >= 15 is 0 Å². The molecule has 1 aliphatic rings. The predicted molar refractivity (Wildman–Crippen MR) is 80.1 cm³/mol. The Bertz CT molecular complexity index is 609. The molecule has 19 heavy (non-hydrogen) atoms. The van der Waals surface area contributed by atoms with E-state index in [1.165, 1.54) is 23.3 Å². The third kappa shape index (κ3) is 2.47. The molecule has 0 fully saturated rings. The highest BCUT2D eigenvalue weighted by Crippen LogP contribution is 2.36. The van der Waals surface area contributed by atoms with Crippen molar-refractivity contribution in [3.8, 4) is 0 Å². The van der Waals surface area contributed by atoms with E-state index in [1.807, 2.05) is 25.2 Å². The molecule has 1 atom stereocenters. The minimum atomic E-state index is 0.346. The average Bonchev–Trinajstić information content (AvgIpc) is 2.84. The molecular formula is C14H16ClN3S. The van der Waals surface area contributed by atoms with Gasteiger partial charge in [-0.05, 0) is 50.1 Å². The zero-order chi connectivity index (χ0) is 13.4. The Balaban J connectivity index is 1.91. The van der Waals surface area contributed by atoms with Crippen molar-refractivity contribution in [1.82, 2.24) is 9.97 Å².